The van der Waals surface area contributed by atoms with Gasteiger partial charge in [-0.05, 0) is 0 Å². The number of hydrogen-bond donors (Lipinski definition) is 1. The Bertz CT molecular complexity index is 344. The van der Waals surface area contributed by atoms with Crippen molar-refractivity contribution in [2.24, 2.45) is 4.36 Å². The van der Waals surface area contributed by atoms with Crippen LogP contribution in [0.25, 0.3) is 0 Å². The standard InChI is InChI=1S/C3H3N3O2S2/c4-3-5-2(1-9-3)6-10(7)8/h1H,(H2,4,5). The first-order valence-corrected chi connectivity index (χ1v) is 4.12. The first kappa shape index (κ1) is 7.16. The zero-order chi connectivity index (χ0) is 7.56. The molecule has 0 saturated heterocycles. The molecule has 1 heterocycles. The van der Waals surface area contributed by atoms with Crippen LogP contribution in [0, 0.1) is 0 Å². The molecule has 2 N–H and O–H groups in total. The van der Waals surface area contributed by atoms with Crippen molar-refractivity contribution in [3.8, 4) is 0 Å². The average molecular weight is 177 g/mol. The number of nitrogens with zero attached hydrogens (tertiary/aromatic N) is 2. The fourth-order valence-electron chi connectivity index (χ4n) is 0.397. The van der Waals surface area contributed by atoms with Crippen molar-refractivity contribution in [3.05, 3.63) is 5.38 Å². The van der Waals surface area contributed by atoms with Gasteiger partial charge in [-0.2, -0.15) is 13.4 Å². The second-order valence-electron chi connectivity index (χ2n) is 1.35. The number of anilines is 1. The van der Waals surface area contributed by atoms with Crippen LogP contribution in [0.15, 0.2) is 9.74 Å². The van der Waals surface area contributed by atoms with Gasteiger partial charge in [0.05, 0.1) is 0 Å². The van der Waals surface area contributed by atoms with Gasteiger partial charge in [0.15, 0.2) is 10.9 Å². The lowest BCUT2D eigenvalue weighted by Gasteiger charge is -1.72. The highest BCUT2D eigenvalue weighted by Gasteiger charge is 1.94. The van der Waals surface area contributed by atoms with E-state index in [1.807, 2.05) is 0 Å². The zero-order valence-corrected chi connectivity index (χ0v) is 6.32. The molecule has 0 spiro atoms. The Labute approximate surface area is 62.2 Å². The SMILES string of the molecule is Nc1nc(N=S(=O)=O)cs1. The Kier molecular flexibility index (Phi) is 1.97. The highest BCUT2D eigenvalue weighted by atomic mass is 32.2. The third-order valence-corrected chi connectivity index (χ3v) is 1.68. The van der Waals surface area contributed by atoms with Gasteiger partial charge in [0, 0.05) is 5.38 Å². The lowest BCUT2D eigenvalue weighted by molar-refractivity contribution is 0.622. The van der Waals surface area contributed by atoms with Gasteiger partial charge >= 0.3 is 10.5 Å². The second kappa shape index (κ2) is 2.76. The lowest BCUT2D eigenvalue weighted by Crippen LogP contribution is -1.78. The van der Waals surface area contributed by atoms with Gasteiger partial charge < -0.3 is 5.73 Å². The molecule has 0 saturated carbocycles. The summed E-state index contributed by atoms with van der Waals surface area (Å²) in [6.45, 7) is 0. The smallest absolute Gasteiger partial charge is 0.317 e. The number of nitrogens with two attached hydrogens (primary N) is 1. The maximum atomic E-state index is 9.94. The molecule has 5 nitrogen and oxygen atoms in total. The van der Waals surface area contributed by atoms with Crippen molar-refractivity contribution < 1.29 is 8.42 Å². The third kappa shape index (κ3) is 1.78. The maximum absolute atomic E-state index is 9.94. The first-order valence-electron chi connectivity index (χ1n) is 2.20. The van der Waals surface area contributed by atoms with Crippen molar-refractivity contribution in [3.63, 3.8) is 0 Å². The highest BCUT2D eigenvalue weighted by Crippen LogP contribution is 2.17. The van der Waals surface area contributed by atoms with Crippen molar-refractivity contribution >= 4 is 32.8 Å². The van der Waals surface area contributed by atoms with E-state index in [0.29, 0.717) is 5.13 Å². The van der Waals surface area contributed by atoms with E-state index >= 15 is 0 Å². The quantitative estimate of drug-likeness (QED) is 0.673. The fourth-order valence-corrected chi connectivity index (χ4v) is 1.19. The van der Waals surface area contributed by atoms with Crippen LogP contribution in [0.4, 0.5) is 10.9 Å². The summed E-state index contributed by atoms with van der Waals surface area (Å²) < 4.78 is 23.0. The molecule has 1 rings (SSSR count). The summed E-state index contributed by atoms with van der Waals surface area (Å²) in [7, 11) is -2.44. The van der Waals surface area contributed by atoms with Gasteiger partial charge in [-0.1, -0.05) is 0 Å². The van der Waals surface area contributed by atoms with E-state index in [0.717, 1.165) is 11.3 Å². The number of hydrogen-bond acceptors (Lipinski definition) is 6. The van der Waals surface area contributed by atoms with Gasteiger partial charge in [0.2, 0.25) is 0 Å². The van der Waals surface area contributed by atoms with E-state index in [4.69, 9.17) is 5.73 Å². The molecule has 0 unspecified atom stereocenters. The Hall–Kier alpha value is -0.950. The molecule has 0 atom stereocenters. The minimum Gasteiger partial charge on any atom is -0.375 e. The molecule has 0 aromatic carbocycles. The first-order chi connectivity index (χ1) is 4.68. The number of nitrogen functional groups attached to an aromatic ring is 1. The van der Waals surface area contributed by atoms with Gasteiger partial charge in [0.1, 0.15) is 0 Å². The second-order valence-corrected chi connectivity index (χ2v) is 2.86. The zero-order valence-electron chi connectivity index (χ0n) is 4.68. The largest absolute Gasteiger partial charge is 0.375 e. The highest BCUT2D eigenvalue weighted by molar-refractivity contribution is 7.61. The Morgan fingerprint density at radius 2 is 2.40 bits per heavy atom. The summed E-state index contributed by atoms with van der Waals surface area (Å²) in [5.41, 5.74) is 5.20. The van der Waals surface area contributed by atoms with Crippen LogP contribution in [0.2, 0.25) is 0 Å². The van der Waals surface area contributed by atoms with Crippen LogP contribution in [-0.4, -0.2) is 13.4 Å². The number of rotatable bonds is 1. The fraction of sp³-hybridized carbons (Fsp3) is 0. The molecule has 0 bridgehead atoms. The van der Waals surface area contributed by atoms with Crippen LogP contribution in [0.1, 0.15) is 0 Å². The molecule has 1 aromatic rings. The van der Waals surface area contributed by atoms with E-state index < -0.39 is 10.5 Å². The number of thiazole rings is 1. The molecule has 0 aliphatic carbocycles. The molecule has 7 heteroatoms. The molecular weight excluding hydrogens is 174 g/mol. The summed E-state index contributed by atoms with van der Waals surface area (Å²) in [6.07, 6.45) is 0. The van der Waals surface area contributed by atoms with Crippen LogP contribution in [0.5, 0.6) is 0 Å². The van der Waals surface area contributed by atoms with E-state index in [1.165, 1.54) is 5.38 Å². The van der Waals surface area contributed by atoms with E-state index in [2.05, 4.69) is 9.35 Å². The summed E-state index contributed by atoms with van der Waals surface area (Å²) in [4.78, 5) is 3.59. The Balaban J connectivity index is 3.09. The average Bonchev–Trinajstić information content (AvgIpc) is 2.13. The molecule has 10 heavy (non-hydrogen) atoms. The number of aromatic nitrogens is 1. The molecule has 0 radical (unpaired) electrons. The predicted molar refractivity (Wildman–Crippen MR) is 37.5 cm³/mol. The van der Waals surface area contributed by atoms with Gasteiger partial charge in [-0.25, -0.2) is 0 Å². The Morgan fingerprint density at radius 3 is 2.80 bits per heavy atom. The molecule has 1 aromatic heterocycles. The van der Waals surface area contributed by atoms with Crippen molar-refractivity contribution in [2.75, 3.05) is 5.73 Å². The Morgan fingerprint density at radius 1 is 1.70 bits per heavy atom. The maximum Gasteiger partial charge on any atom is 0.317 e. The normalized spacial score (nSPS) is 9.20. The minimum absolute atomic E-state index is 0.135. The molecule has 0 aliphatic rings. The summed E-state index contributed by atoms with van der Waals surface area (Å²) >= 11 is 1.15. The minimum atomic E-state index is -2.44. The van der Waals surface area contributed by atoms with Crippen LogP contribution >= 0.6 is 11.3 Å². The molecule has 0 fully saturated rings. The topological polar surface area (TPSA) is 85.4 Å². The lowest BCUT2D eigenvalue weighted by atomic mass is 10.8. The van der Waals surface area contributed by atoms with E-state index in [9.17, 15) is 8.42 Å². The summed E-state index contributed by atoms with van der Waals surface area (Å²) in [5, 5.41) is 1.77. The van der Waals surface area contributed by atoms with E-state index in [1.54, 1.807) is 0 Å². The predicted octanol–water partition coefficient (Wildman–Crippen LogP) is 0.420. The molecular formula is C3H3N3O2S2. The molecule has 0 amide bonds. The van der Waals surface area contributed by atoms with Gasteiger partial charge in [-0.15, -0.1) is 15.7 Å². The van der Waals surface area contributed by atoms with Gasteiger partial charge in [0.25, 0.3) is 0 Å². The summed E-state index contributed by atoms with van der Waals surface area (Å²) in [5.74, 6) is 0.135. The van der Waals surface area contributed by atoms with E-state index in [-0.39, 0.29) is 5.82 Å². The third-order valence-electron chi connectivity index (χ3n) is 0.678. The van der Waals surface area contributed by atoms with Crippen LogP contribution < -0.4 is 5.73 Å². The van der Waals surface area contributed by atoms with Crippen LogP contribution in [-0.2, 0) is 10.5 Å². The molecule has 54 valence electrons. The monoisotopic (exact) mass is 177 g/mol. The molecule has 0 aliphatic heterocycles. The van der Waals surface area contributed by atoms with Crippen LogP contribution in [0.3, 0.4) is 0 Å². The van der Waals surface area contributed by atoms with Gasteiger partial charge in [-0.3, -0.25) is 0 Å². The summed E-state index contributed by atoms with van der Waals surface area (Å²) in [6, 6.07) is 0. The van der Waals surface area contributed by atoms with Crippen molar-refractivity contribution in [1.82, 2.24) is 4.98 Å². The van der Waals surface area contributed by atoms with Crippen molar-refractivity contribution in [2.45, 2.75) is 0 Å². The van der Waals surface area contributed by atoms with Crippen molar-refractivity contribution in [1.29, 1.82) is 0 Å².